The molecule has 4 nitrogen and oxygen atoms in total. The summed E-state index contributed by atoms with van der Waals surface area (Å²) >= 11 is 3.52. The Morgan fingerprint density at radius 2 is 1.78 bits per heavy atom. The Balaban J connectivity index is 1.88. The van der Waals surface area contributed by atoms with Crippen LogP contribution in [0.2, 0.25) is 0 Å². The van der Waals surface area contributed by atoms with Gasteiger partial charge in [-0.05, 0) is 31.4 Å². The van der Waals surface area contributed by atoms with Crippen LogP contribution in [0, 0.1) is 11.8 Å². The van der Waals surface area contributed by atoms with Gasteiger partial charge in [-0.2, -0.15) is 0 Å². The zero-order valence-electron chi connectivity index (χ0n) is 14.0. The van der Waals surface area contributed by atoms with Gasteiger partial charge in [-0.15, -0.1) is 0 Å². The first-order valence-corrected chi connectivity index (χ1v) is 9.03. The summed E-state index contributed by atoms with van der Waals surface area (Å²) in [7, 11) is 0. The Bertz CT molecular complexity index is 566. The van der Waals surface area contributed by atoms with E-state index in [9.17, 15) is 9.59 Å². The number of nitrogens with one attached hydrogen (secondary N) is 1. The van der Waals surface area contributed by atoms with Gasteiger partial charge in [0, 0.05) is 29.4 Å². The normalized spacial score (nSPS) is 17.2. The minimum absolute atomic E-state index is 0.00356. The lowest BCUT2D eigenvalue weighted by molar-refractivity contribution is -0.138. The zero-order chi connectivity index (χ0) is 17.0. The number of amides is 2. The molecule has 5 heteroatoms. The highest BCUT2D eigenvalue weighted by Gasteiger charge is 2.28. The molecule has 0 aromatic heterocycles. The molecule has 2 amide bonds. The van der Waals surface area contributed by atoms with Crippen LogP contribution < -0.4 is 5.32 Å². The van der Waals surface area contributed by atoms with E-state index in [0.29, 0.717) is 13.1 Å². The SMILES string of the molecule is CC(C)C(=O)N1CCC(C(=O)NC(C)c2ccccc2Br)CC1. The summed E-state index contributed by atoms with van der Waals surface area (Å²) in [6, 6.07) is 7.89. The topological polar surface area (TPSA) is 49.4 Å². The molecular formula is C18H25BrN2O2. The number of halogens is 1. The van der Waals surface area contributed by atoms with Crippen LogP contribution in [0.25, 0.3) is 0 Å². The number of piperidine rings is 1. The third-order valence-corrected chi connectivity index (χ3v) is 5.12. The fourth-order valence-corrected chi connectivity index (χ4v) is 3.59. The smallest absolute Gasteiger partial charge is 0.225 e. The number of nitrogens with zero attached hydrogens (tertiary/aromatic N) is 1. The van der Waals surface area contributed by atoms with Crippen LogP contribution in [-0.2, 0) is 9.59 Å². The monoisotopic (exact) mass is 380 g/mol. The first-order valence-electron chi connectivity index (χ1n) is 8.23. The number of carbonyl (C=O) groups is 2. The molecule has 1 saturated heterocycles. The van der Waals surface area contributed by atoms with Gasteiger partial charge in [-0.25, -0.2) is 0 Å². The molecule has 1 unspecified atom stereocenters. The van der Waals surface area contributed by atoms with Gasteiger partial charge in [-0.1, -0.05) is 48.0 Å². The van der Waals surface area contributed by atoms with Crippen molar-refractivity contribution in [2.45, 2.75) is 39.7 Å². The maximum Gasteiger partial charge on any atom is 0.225 e. The average Bonchev–Trinajstić information content (AvgIpc) is 2.54. The summed E-state index contributed by atoms with van der Waals surface area (Å²) in [5, 5.41) is 3.10. The van der Waals surface area contributed by atoms with Crippen molar-refractivity contribution < 1.29 is 9.59 Å². The van der Waals surface area contributed by atoms with Crippen molar-refractivity contribution in [1.82, 2.24) is 10.2 Å². The fraction of sp³-hybridized carbons (Fsp3) is 0.556. The number of rotatable bonds is 4. The molecule has 2 rings (SSSR count). The molecule has 0 radical (unpaired) electrons. The van der Waals surface area contributed by atoms with Crippen LogP contribution in [0.15, 0.2) is 28.7 Å². The molecule has 1 atom stereocenters. The fourth-order valence-electron chi connectivity index (χ4n) is 2.96. The van der Waals surface area contributed by atoms with Crippen LogP contribution in [-0.4, -0.2) is 29.8 Å². The molecule has 1 heterocycles. The summed E-state index contributed by atoms with van der Waals surface area (Å²) < 4.78 is 1.00. The van der Waals surface area contributed by atoms with E-state index < -0.39 is 0 Å². The van der Waals surface area contributed by atoms with Crippen molar-refractivity contribution in [3.8, 4) is 0 Å². The van der Waals surface area contributed by atoms with Gasteiger partial charge in [0.25, 0.3) is 0 Å². The Labute approximate surface area is 146 Å². The molecule has 23 heavy (non-hydrogen) atoms. The Kier molecular flexibility index (Phi) is 6.22. The molecule has 0 saturated carbocycles. The first-order chi connectivity index (χ1) is 10.9. The third kappa shape index (κ3) is 4.56. The molecule has 0 spiro atoms. The lowest BCUT2D eigenvalue weighted by Gasteiger charge is -2.33. The number of hydrogen-bond donors (Lipinski definition) is 1. The molecule has 1 fully saturated rings. The molecule has 126 valence electrons. The highest BCUT2D eigenvalue weighted by atomic mass is 79.9. The van der Waals surface area contributed by atoms with Gasteiger partial charge in [0.15, 0.2) is 0 Å². The van der Waals surface area contributed by atoms with Crippen molar-refractivity contribution in [3.63, 3.8) is 0 Å². The molecule has 1 aliphatic rings. The van der Waals surface area contributed by atoms with Crippen molar-refractivity contribution in [1.29, 1.82) is 0 Å². The quantitative estimate of drug-likeness (QED) is 0.868. The standard InChI is InChI=1S/C18H25BrN2O2/c1-12(2)18(23)21-10-8-14(9-11-21)17(22)20-13(3)15-6-4-5-7-16(15)19/h4-7,12-14H,8-11H2,1-3H3,(H,20,22). The minimum Gasteiger partial charge on any atom is -0.349 e. The van der Waals surface area contributed by atoms with Gasteiger partial charge in [0.05, 0.1) is 6.04 Å². The van der Waals surface area contributed by atoms with E-state index in [1.165, 1.54) is 0 Å². The number of hydrogen-bond acceptors (Lipinski definition) is 2. The van der Waals surface area contributed by atoms with Crippen LogP contribution in [0.3, 0.4) is 0 Å². The second kappa shape index (κ2) is 7.95. The maximum atomic E-state index is 12.5. The van der Waals surface area contributed by atoms with E-state index in [1.807, 2.05) is 49.9 Å². The Morgan fingerprint density at radius 3 is 2.35 bits per heavy atom. The summed E-state index contributed by atoms with van der Waals surface area (Å²) in [4.78, 5) is 26.3. The van der Waals surface area contributed by atoms with Gasteiger partial charge < -0.3 is 10.2 Å². The second-order valence-electron chi connectivity index (χ2n) is 6.51. The van der Waals surface area contributed by atoms with Gasteiger partial charge in [0.2, 0.25) is 11.8 Å². The molecule has 0 aliphatic carbocycles. The zero-order valence-corrected chi connectivity index (χ0v) is 15.6. The Hall–Kier alpha value is -1.36. The number of carbonyl (C=O) groups excluding carboxylic acids is 2. The molecule has 1 N–H and O–H groups in total. The molecule has 0 bridgehead atoms. The summed E-state index contributed by atoms with van der Waals surface area (Å²) in [6.07, 6.45) is 1.49. The first kappa shape index (κ1) is 18.0. The summed E-state index contributed by atoms with van der Waals surface area (Å²) in [6.45, 7) is 7.19. The second-order valence-corrected chi connectivity index (χ2v) is 7.36. The van der Waals surface area contributed by atoms with Crippen molar-refractivity contribution >= 4 is 27.7 Å². The molecule has 1 aromatic carbocycles. The van der Waals surface area contributed by atoms with E-state index in [4.69, 9.17) is 0 Å². The largest absolute Gasteiger partial charge is 0.349 e. The average molecular weight is 381 g/mol. The van der Waals surface area contributed by atoms with Crippen LogP contribution >= 0.6 is 15.9 Å². The maximum absolute atomic E-state index is 12.5. The minimum atomic E-state index is -0.0339. The van der Waals surface area contributed by atoms with Crippen LogP contribution in [0.4, 0.5) is 0 Å². The summed E-state index contributed by atoms with van der Waals surface area (Å²) in [5.41, 5.74) is 1.08. The van der Waals surface area contributed by atoms with E-state index in [2.05, 4.69) is 21.2 Å². The predicted molar refractivity (Wildman–Crippen MR) is 94.8 cm³/mol. The van der Waals surface area contributed by atoms with Crippen molar-refractivity contribution in [2.24, 2.45) is 11.8 Å². The summed E-state index contributed by atoms with van der Waals surface area (Å²) in [5.74, 6) is 0.294. The van der Waals surface area contributed by atoms with Gasteiger partial charge in [-0.3, -0.25) is 9.59 Å². The molecular weight excluding hydrogens is 356 g/mol. The molecule has 1 aromatic rings. The van der Waals surface area contributed by atoms with Gasteiger partial charge in [0.1, 0.15) is 0 Å². The Morgan fingerprint density at radius 1 is 1.17 bits per heavy atom. The van der Waals surface area contributed by atoms with Crippen molar-refractivity contribution in [2.75, 3.05) is 13.1 Å². The van der Waals surface area contributed by atoms with Crippen LogP contribution in [0.5, 0.6) is 0 Å². The van der Waals surface area contributed by atoms with E-state index in [1.54, 1.807) is 0 Å². The predicted octanol–water partition coefficient (Wildman–Crippen LogP) is 3.52. The van der Waals surface area contributed by atoms with E-state index >= 15 is 0 Å². The molecule has 1 aliphatic heterocycles. The number of likely N-dealkylation sites (tertiary alicyclic amines) is 1. The lowest BCUT2D eigenvalue weighted by atomic mass is 9.94. The lowest BCUT2D eigenvalue weighted by Crippen LogP contribution is -2.44. The highest BCUT2D eigenvalue weighted by Crippen LogP contribution is 2.24. The van der Waals surface area contributed by atoms with Gasteiger partial charge >= 0.3 is 0 Å². The van der Waals surface area contributed by atoms with E-state index in [-0.39, 0.29) is 29.7 Å². The van der Waals surface area contributed by atoms with E-state index in [0.717, 1.165) is 22.9 Å². The highest BCUT2D eigenvalue weighted by molar-refractivity contribution is 9.10. The number of benzene rings is 1. The van der Waals surface area contributed by atoms with Crippen LogP contribution in [0.1, 0.15) is 45.2 Å². The third-order valence-electron chi connectivity index (χ3n) is 4.40. The van der Waals surface area contributed by atoms with Crippen molar-refractivity contribution in [3.05, 3.63) is 34.3 Å².